The molecule has 0 aromatic carbocycles. The fourth-order valence-electron chi connectivity index (χ4n) is 6.54. The standard InChI is InChI=1S/C32H58N6O5/c1-19(2)24(33-28(40)25(20(3)4)35(10)11)30(42)36(12)26(21(5)6)31(43)38-18-14-16-23(38)29(41)37-17-13-15-22(37)27(39)34-32(7,8)9/h19-26H,13-18H2,1-12H3,(H,33,40)(H,34,39)/t22-,23-,24-,25-,26-/m0/s1. The van der Waals surface area contributed by atoms with Crippen LogP contribution in [0.3, 0.4) is 0 Å². The van der Waals surface area contributed by atoms with Gasteiger partial charge in [0.15, 0.2) is 0 Å². The monoisotopic (exact) mass is 606 g/mol. The summed E-state index contributed by atoms with van der Waals surface area (Å²) in [4.78, 5) is 74.7. The highest BCUT2D eigenvalue weighted by atomic mass is 16.2. The van der Waals surface area contributed by atoms with Gasteiger partial charge in [0, 0.05) is 25.7 Å². The third kappa shape index (κ3) is 8.92. The van der Waals surface area contributed by atoms with Gasteiger partial charge < -0.3 is 25.3 Å². The summed E-state index contributed by atoms with van der Waals surface area (Å²) < 4.78 is 0. The maximum Gasteiger partial charge on any atom is 0.246 e. The third-order valence-electron chi connectivity index (χ3n) is 8.49. The molecule has 2 saturated heterocycles. The SMILES string of the molecule is CC(C)[C@H](NC(=O)[C@H](C(C)C)N(C)C)C(=O)N(C)[C@H](C(=O)N1CCC[C@H]1C(=O)N1CCC[C@H]1C(=O)NC(C)(C)C)C(C)C. The van der Waals surface area contributed by atoms with Crippen LogP contribution in [0.4, 0.5) is 0 Å². The van der Waals surface area contributed by atoms with Gasteiger partial charge in [-0.3, -0.25) is 28.9 Å². The third-order valence-corrected chi connectivity index (χ3v) is 8.49. The number of rotatable bonds is 11. The number of likely N-dealkylation sites (tertiary alicyclic amines) is 2. The summed E-state index contributed by atoms with van der Waals surface area (Å²) in [6, 6.07) is -3.25. The molecule has 2 N–H and O–H groups in total. The lowest BCUT2D eigenvalue weighted by molar-refractivity contribution is -0.153. The second-order valence-electron chi connectivity index (χ2n) is 14.6. The molecule has 43 heavy (non-hydrogen) atoms. The molecule has 246 valence electrons. The first-order valence-electron chi connectivity index (χ1n) is 16.0. The summed E-state index contributed by atoms with van der Waals surface area (Å²) in [7, 11) is 5.29. The Hall–Kier alpha value is -2.69. The van der Waals surface area contributed by atoms with Gasteiger partial charge in [0.05, 0.1) is 6.04 Å². The zero-order valence-corrected chi connectivity index (χ0v) is 28.7. The molecule has 5 amide bonds. The molecule has 11 nitrogen and oxygen atoms in total. The Morgan fingerprint density at radius 2 is 1.26 bits per heavy atom. The van der Waals surface area contributed by atoms with E-state index in [1.165, 1.54) is 4.90 Å². The summed E-state index contributed by atoms with van der Waals surface area (Å²) >= 11 is 0. The van der Waals surface area contributed by atoms with Gasteiger partial charge in [0.25, 0.3) is 0 Å². The van der Waals surface area contributed by atoms with Gasteiger partial charge in [-0.15, -0.1) is 0 Å². The molecule has 0 radical (unpaired) electrons. The van der Waals surface area contributed by atoms with Crippen molar-refractivity contribution in [3.8, 4) is 0 Å². The molecule has 2 heterocycles. The van der Waals surface area contributed by atoms with Crippen LogP contribution >= 0.6 is 0 Å². The van der Waals surface area contributed by atoms with Crippen LogP contribution in [0, 0.1) is 17.8 Å². The lowest BCUT2D eigenvalue weighted by Crippen LogP contribution is -2.61. The van der Waals surface area contributed by atoms with Crippen molar-refractivity contribution in [1.82, 2.24) is 30.2 Å². The van der Waals surface area contributed by atoms with E-state index in [1.54, 1.807) is 16.8 Å². The Morgan fingerprint density at radius 1 is 0.744 bits per heavy atom. The zero-order chi connectivity index (χ0) is 33.0. The number of nitrogens with one attached hydrogen (secondary N) is 2. The van der Waals surface area contributed by atoms with Crippen LogP contribution in [0.25, 0.3) is 0 Å². The number of nitrogens with zero attached hydrogens (tertiary/aromatic N) is 4. The van der Waals surface area contributed by atoms with Crippen molar-refractivity contribution in [3.63, 3.8) is 0 Å². The predicted octanol–water partition coefficient (Wildman–Crippen LogP) is 2.09. The maximum absolute atomic E-state index is 14.2. The summed E-state index contributed by atoms with van der Waals surface area (Å²) in [6.45, 7) is 18.1. The van der Waals surface area contributed by atoms with Crippen molar-refractivity contribution >= 4 is 29.5 Å². The molecule has 2 rings (SSSR count). The summed E-state index contributed by atoms with van der Waals surface area (Å²) in [5.74, 6) is -1.61. The van der Waals surface area contributed by atoms with Gasteiger partial charge in [0.2, 0.25) is 29.5 Å². The van der Waals surface area contributed by atoms with Crippen molar-refractivity contribution < 1.29 is 24.0 Å². The maximum atomic E-state index is 14.2. The van der Waals surface area contributed by atoms with Gasteiger partial charge in [-0.05, 0) is 78.3 Å². The number of amides is 5. The number of likely N-dealkylation sites (N-methyl/N-ethyl adjacent to an activating group) is 2. The van der Waals surface area contributed by atoms with Crippen LogP contribution < -0.4 is 10.6 Å². The van der Waals surface area contributed by atoms with E-state index < -0.39 is 35.7 Å². The number of hydrogen-bond donors (Lipinski definition) is 2. The largest absolute Gasteiger partial charge is 0.350 e. The number of hydrogen-bond acceptors (Lipinski definition) is 6. The summed E-state index contributed by atoms with van der Waals surface area (Å²) in [5, 5.41) is 5.96. The van der Waals surface area contributed by atoms with E-state index in [4.69, 9.17) is 0 Å². The molecule has 0 spiro atoms. The molecule has 2 aliphatic heterocycles. The van der Waals surface area contributed by atoms with Crippen molar-refractivity contribution in [2.45, 2.75) is 124 Å². The molecule has 0 aromatic heterocycles. The molecular weight excluding hydrogens is 548 g/mol. The Labute approximate surface area is 259 Å². The first kappa shape index (κ1) is 36.5. The Kier molecular flexibility index (Phi) is 12.6. The Morgan fingerprint density at radius 3 is 1.72 bits per heavy atom. The topological polar surface area (TPSA) is 122 Å². The van der Waals surface area contributed by atoms with Crippen LogP contribution in [0.5, 0.6) is 0 Å². The minimum absolute atomic E-state index is 0.0417. The van der Waals surface area contributed by atoms with Crippen molar-refractivity contribution in [2.75, 3.05) is 34.2 Å². The fraction of sp³-hybridized carbons (Fsp3) is 0.844. The van der Waals surface area contributed by atoms with Crippen LogP contribution in [0.15, 0.2) is 0 Å². The van der Waals surface area contributed by atoms with E-state index in [1.807, 2.05) is 81.3 Å². The predicted molar refractivity (Wildman–Crippen MR) is 168 cm³/mol. The molecule has 11 heteroatoms. The van der Waals surface area contributed by atoms with E-state index >= 15 is 0 Å². The Balaban J connectivity index is 2.27. The molecule has 0 bridgehead atoms. The van der Waals surface area contributed by atoms with E-state index in [9.17, 15) is 24.0 Å². The van der Waals surface area contributed by atoms with Crippen LogP contribution in [0.2, 0.25) is 0 Å². The zero-order valence-electron chi connectivity index (χ0n) is 28.7. The normalized spacial score (nSPS) is 21.4. The minimum atomic E-state index is -0.813. The van der Waals surface area contributed by atoms with Crippen LogP contribution in [-0.4, -0.2) is 119 Å². The fourth-order valence-corrected chi connectivity index (χ4v) is 6.54. The van der Waals surface area contributed by atoms with E-state index in [-0.39, 0.29) is 47.3 Å². The van der Waals surface area contributed by atoms with Crippen molar-refractivity contribution in [2.24, 2.45) is 17.8 Å². The van der Waals surface area contributed by atoms with Gasteiger partial charge >= 0.3 is 0 Å². The van der Waals surface area contributed by atoms with Crippen LogP contribution in [-0.2, 0) is 24.0 Å². The molecule has 5 atom stereocenters. The molecule has 2 aliphatic rings. The summed E-state index contributed by atoms with van der Waals surface area (Å²) in [6.07, 6.45) is 2.51. The van der Waals surface area contributed by atoms with Crippen LogP contribution in [0.1, 0.15) is 88.0 Å². The molecular formula is C32H58N6O5. The molecule has 2 fully saturated rings. The van der Waals surface area contributed by atoms with Crippen molar-refractivity contribution in [1.29, 1.82) is 0 Å². The number of carbonyl (C=O) groups is 5. The number of carbonyl (C=O) groups excluding carboxylic acids is 5. The van der Waals surface area contributed by atoms with E-state index in [0.717, 1.165) is 6.42 Å². The summed E-state index contributed by atoms with van der Waals surface area (Å²) in [5.41, 5.74) is -0.416. The average Bonchev–Trinajstić information content (AvgIpc) is 3.55. The minimum Gasteiger partial charge on any atom is -0.350 e. The van der Waals surface area contributed by atoms with Gasteiger partial charge in [0.1, 0.15) is 24.2 Å². The highest BCUT2D eigenvalue weighted by Gasteiger charge is 2.46. The van der Waals surface area contributed by atoms with E-state index in [0.29, 0.717) is 32.4 Å². The van der Waals surface area contributed by atoms with Gasteiger partial charge in [-0.1, -0.05) is 41.5 Å². The second kappa shape index (κ2) is 14.9. The second-order valence-corrected chi connectivity index (χ2v) is 14.6. The molecule has 0 unspecified atom stereocenters. The smallest absolute Gasteiger partial charge is 0.246 e. The molecule has 0 aliphatic carbocycles. The van der Waals surface area contributed by atoms with Gasteiger partial charge in [-0.2, -0.15) is 0 Å². The van der Waals surface area contributed by atoms with Gasteiger partial charge in [-0.25, -0.2) is 0 Å². The average molecular weight is 607 g/mol. The quantitative estimate of drug-likeness (QED) is 0.372. The highest BCUT2D eigenvalue weighted by molar-refractivity contribution is 5.96. The highest BCUT2D eigenvalue weighted by Crippen LogP contribution is 2.28. The lowest BCUT2D eigenvalue weighted by Gasteiger charge is -2.39. The lowest BCUT2D eigenvalue weighted by atomic mass is 9.96. The van der Waals surface area contributed by atoms with Crippen molar-refractivity contribution in [3.05, 3.63) is 0 Å². The molecule has 0 aromatic rings. The first-order valence-corrected chi connectivity index (χ1v) is 16.0. The Bertz CT molecular complexity index is 1010. The van der Waals surface area contributed by atoms with E-state index in [2.05, 4.69) is 10.6 Å². The first-order chi connectivity index (χ1) is 19.8. The molecule has 0 saturated carbocycles.